The highest BCUT2D eigenvalue weighted by atomic mass is 31.2. The van der Waals surface area contributed by atoms with E-state index >= 15 is 0 Å². The minimum absolute atomic E-state index is 1.19. The van der Waals surface area contributed by atoms with E-state index in [1.165, 1.54) is 0 Å². The molecule has 0 aromatic heterocycles. The van der Waals surface area contributed by atoms with Crippen molar-refractivity contribution in [3.05, 3.63) is 0 Å². The molecule has 48 valence electrons. The minimum Gasteiger partial charge on any atom is -0.277 e. The van der Waals surface area contributed by atoms with Crippen molar-refractivity contribution in [2.24, 2.45) is 0 Å². The molecule has 1 nitrogen and oxygen atoms in total. The van der Waals surface area contributed by atoms with Crippen molar-refractivity contribution in [2.75, 3.05) is 0 Å². The molecule has 0 atom stereocenters. The van der Waals surface area contributed by atoms with Gasteiger partial charge in [-0.15, -0.1) is 12.8 Å². The van der Waals surface area contributed by atoms with Crippen LogP contribution in [0.2, 0.25) is 0 Å². The van der Waals surface area contributed by atoms with Crippen LogP contribution in [0.5, 0.6) is 0 Å². The van der Waals surface area contributed by atoms with Gasteiger partial charge in [0.1, 0.15) is 0 Å². The molecule has 9 heavy (non-hydrogen) atoms. The minimum atomic E-state index is -3.44. The maximum atomic E-state index is 11.3. The molecule has 0 aromatic rings. The Morgan fingerprint density at radius 3 is 1.89 bits per heavy atom. The lowest BCUT2D eigenvalue weighted by Gasteiger charge is -1.99. The highest BCUT2D eigenvalue weighted by Gasteiger charge is 2.10. The molecular formula is C5H3F2OP. The molecule has 0 heterocycles. The first kappa shape index (κ1) is 8.37. The van der Waals surface area contributed by atoms with Crippen LogP contribution in [-0.4, -0.2) is 6.10 Å². The number of terminal acetylenes is 2. The Hall–Kier alpha value is -0.630. The molecule has 4 heteroatoms. The predicted molar refractivity (Wildman–Crippen MR) is 31.7 cm³/mol. The molecule has 0 aliphatic carbocycles. The van der Waals surface area contributed by atoms with Gasteiger partial charge in [-0.1, -0.05) is 11.8 Å². The summed E-state index contributed by atoms with van der Waals surface area (Å²) in [5.74, 6) is 3.72. The van der Waals surface area contributed by atoms with Gasteiger partial charge in [0.05, 0.1) is 0 Å². The van der Waals surface area contributed by atoms with E-state index in [9.17, 15) is 8.39 Å². The van der Waals surface area contributed by atoms with E-state index in [0.29, 0.717) is 0 Å². The second-order valence-electron chi connectivity index (χ2n) is 1.02. The summed E-state index contributed by atoms with van der Waals surface area (Å²) in [4.78, 5) is 0. The van der Waals surface area contributed by atoms with E-state index in [1.807, 2.05) is 11.8 Å². The molecule has 0 fully saturated rings. The number of rotatable bonds is 2. The van der Waals surface area contributed by atoms with Gasteiger partial charge >= 0.3 is 8.77 Å². The highest BCUT2D eigenvalue weighted by molar-refractivity contribution is 7.40. The van der Waals surface area contributed by atoms with Gasteiger partial charge in [-0.3, -0.25) is 4.52 Å². The normalized spacial score (nSPS) is 9.11. The Morgan fingerprint density at radius 2 is 1.78 bits per heavy atom. The largest absolute Gasteiger partial charge is 0.417 e. The van der Waals surface area contributed by atoms with Crippen LogP contribution in [0.25, 0.3) is 0 Å². The molecule has 0 aliphatic heterocycles. The lowest BCUT2D eigenvalue weighted by molar-refractivity contribution is 0.305. The fourth-order valence-electron chi connectivity index (χ4n) is 0.189. The molecule has 0 rings (SSSR count). The van der Waals surface area contributed by atoms with Crippen LogP contribution in [0.1, 0.15) is 0 Å². The molecule has 0 aromatic carbocycles. The monoisotopic (exact) mass is 148 g/mol. The number of hydrogen-bond donors (Lipinski definition) is 0. The third-order valence-corrected chi connectivity index (χ3v) is 0.858. The molecule has 0 unspecified atom stereocenters. The van der Waals surface area contributed by atoms with E-state index in [1.54, 1.807) is 0 Å². The maximum Gasteiger partial charge on any atom is 0.417 e. The lowest BCUT2D eigenvalue weighted by atomic mass is 10.4. The summed E-state index contributed by atoms with van der Waals surface area (Å²) >= 11 is 0. The maximum absolute atomic E-state index is 11.3. The van der Waals surface area contributed by atoms with Gasteiger partial charge in [0.25, 0.3) is 0 Å². The lowest BCUT2D eigenvalue weighted by Crippen LogP contribution is -1.99. The van der Waals surface area contributed by atoms with E-state index in [-0.39, 0.29) is 0 Å². The molecule has 0 saturated heterocycles. The van der Waals surface area contributed by atoms with Crippen molar-refractivity contribution in [1.29, 1.82) is 0 Å². The Labute approximate surface area is 53.5 Å². The third-order valence-electron chi connectivity index (χ3n) is 0.488. The molecule has 0 N–H and O–H groups in total. The predicted octanol–water partition coefficient (Wildman–Crippen LogP) is 1.80. The van der Waals surface area contributed by atoms with Crippen molar-refractivity contribution in [3.63, 3.8) is 0 Å². The van der Waals surface area contributed by atoms with Gasteiger partial charge in [0.2, 0.25) is 0 Å². The van der Waals surface area contributed by atoms with Crippen molar-refractivity contribution in [2.45, 2.75) is 6.10 Å². The molecule has 0 amide bonds. The van der Waals surface area contributed by atoms with Crippen molar-refractivity contribution in [3.8, 4) is 24.7 Å². The fraction of sp³-hybridized carbons (Fsp3) is 0.200. The van der Waals surface area contributed by atoms with Gasteiger partial charge in [-0.05, 0) is 0 Å². The van der Waals surface area contributed by atoms with E-state index in [0.717, 1.165) is 0 Å². The van der Waals surface area contributed by atoms with Crippen LogP contribution < -0.4 is 0 Å². The van der Waals surface area contributed by atoms with E-state index in [2.05, 4.69) is 4.52 Å². The first-order valence-corrected chi connectivity index (χ1v) is 2.95. The summed E-state index contributed by atoms with van der Waals surface area (Å²) < 4.78 is 26.4. The first-order valence-electron chi connectivity index (χ1n) is 1.91. The van der Waals surface area contributed by atoms with Gasteiger partial charge < -0.3 is 0 Å². The summed E-state index contributed by atoms with van der Waals surface area (Å²) in [6, 6.07) is 0. The molecule has 0 radical (unpaired) electrons. The number of halogens is 2. The van der Waals surface area contributed by atoms with Crippen LogP contribution in [0.15, 0.2) is 0 Å². The van der Waals surface area contributed by atoms with Gasteiger partial charge in [-0.2, -0.15) is 8.39 Å². The summed E-state index contributed by atoms with van der Waals surface area (Å²) in [6.45, 7) is 0. The Kier molecular flexibility index (Phi) is 3.97. The zero-order valence-corrected chi connectivity index (χ0v) is 5.24. The smallest absolute Gasteiger partial charge is 0.277 e. The topological polar surface area (TPSA) is 9.23 Å². The Morgan fingerprint density at radius 1 is 1.33 bits per heavy atom. The summed E-state index contributed by atoms with van der Waals surface area (Å²) in [7, 11) is -3.44. The van der Waals surface area contributed by atoms with Crippen molar-refractivity contribution in [1.82, 2.24) is 0 Å². The van der Waals surface area contributed by atoms with Gasteiger partial charge in [0.15, 0.2) is 6.10 Å². The third kappa shape index (κ3) is 3.91. The highest BCUT2D eigenvalue weighted by Crippen LogP contribution is 2.40. The standard InChI is InChI=1S/C5H3F2OP/c1-3-5(4-2)8-9(6)7/h1-2,5H. The SMILES string of the molecule is C#CC(C#C)OP(F)F. The van der Waals surface area contributed by atoms with Crippen LogP contribution in [0, 0.1) is 24.7 Å². The van der Waals surface area contributed by atoms with E-state index < -0.39 is 14.9 Å². The Bertz CT molecular complexity index is 141. The summed E-state index contributed by atoms with van der Waals surface area (Å²) in [5.41, 5.74) is 0. The van der Waals surface area contributed by atoms with Crippen molar-refractivity contribution < 1.29 is 12.9 Å². The first-order chi connectivity index (χ1) is 4.20. The van der Waals surface area contributed by atoms with E-state index in [4.69, 9.17) is 12.8 Å². The molecule has 0 bridgehead atoms. The second kappa shape index (κ2) is 4.27. The molecule has 0 saturated carbocycles. The average Bonchev–Trinajstić information content (AvgIpc) is 1.82. The molecular weight excluding hydrogens is 145 g/mol. The van der Waals surface area contributed by atoms with Crippen molar-refractivity contribution >= 4 is 8.77 Å². The molecule has 0 aliphatic rings. The zero-order valence-electron chi connectivity index (χ0n) is 4.34. The van der Waals surface area contributed by atoms with Crippen LogP contribution >= 0.6 is 8.77 Å². The Balaban J connectivity index is 3.64. The second-order valence-corrected chi connectivity index (χ2v) is 1.64. The van der Waals surface area contributed by atoms with Gasteiger partial charge in [0, 0.05) is 0 Å². The van der Waals surface area contributed by atoms with Gasteiger partial charge in [-0.25, -0.2) is 0 Å². The quantitative estimate of drug-likeness (QED) is 0.428. The average molecular weight is 148 g/mol. The summed E-state index contributed by atoms with van der Waals surface area (Å²) in [5, 5.41) is 0. The zero-order chi connectivity index (χ0) is 7.28. The fourth-order valence-corrected chi connectivity index (χ4v) is 0.470. The van der Waals surface area contributed by atoms with Crippen LogP contribution in [0.3, 0.4) is 0 Å². The van der Waals surface area contributed by atoms with Crippen LogP contribution in [0.4, 0.5) is 8.39 Å². The summed E-state index contributed by atoms with van der Waals surface area (Å²) in [6.07, 6.45) is 8.19. The number of hydrogen-bond acceptors (Lipinski definition) is 1. The molecule has 0 spiro atoms. The van der Waals surface area contributed by atoms with Crippen LogP contribution in [-0.2, 0) is 4.52 Å².